The zero-order valence-corrected chi connectivity index (χ0v) is 65.6. The molecule has 101 heavy (non-hydrogen) atoms. The predicted molar refractivity (Wildman–Crippen MR) is 442 cm³/mol. The van der Waals surface area contributed by atoms with Gasteiger partial charge in [-0.15, -0.1) is 45.3 Å². The molecule has 0 unspecified atom stereocenters. The summed E-state index contributed by atoms with van der Waals surface area (Å²) in [5.74, 6) is 0. The lowest BCUT2D eigenvalue weighted by Gasteiger charge is -2.35. The molecule has 0 saturated heterocycles. The number of unbranched alkanes of at least 4 members (excludes halogenated alkanes) is 23. The van der Waals surface area contributed by atoms with Crippen molar-refractivity contribution in [2.75, 3.05) is 0 Å². The van der Waals surface area contributed by atoms with E-state index in [1.807, 2.05) is 50.1 Å². The molecule has 11 aromatic rings. The Balaban J connectivity index is 0.983. The molecule has 2 aliphatic rings. The van der Waals surface area contributed by atoms with Crippen LogP contribution in [0.25, 0.3) is 62.6 Å². The molecule has 5 aromatic heterocycles. The van der Waals surface area contributed by atoms with Gasteiger partial charge in [0.25, 0.3) is 0 Å². The van der Waals surface area contributed by atoms with Gasteiger partial charge in [0.2, 0.25) is 0 Å². The molecule has 0 spiro atoms. The molecular weight excluding hydrogens is 1300 g/mol. The van der Waals surface area contributed by atoms with Crippen LogP contribution in [0.15, 0.2) is 158 Å². The molecule has 0 amide bonds. The maximum absolute atomic E-state index is 5.36. The van der Waals surface area contributed by atoms with Crippen molar-refractivity contribution >= 4 is 56.4 Å². The summed E-state index contributed by atoms with van der Waals surface area (Å²) in [4.78, 5) is 12.6. The van der Waals surface area contributed by atoms with Crippen molar-refractivity contribution in [2.45, 2.75) is 271 Å². The molecule has 0 radical (unpaired) electrons. The van der Waals surface area contributed by atoms with E-state index in [0.717, 1.165) is 49.7 Å². The first-order valence-electron chi connectivity index (χ1n) is 40.1. The topological polar surface area (TPSA) is 30.7 Å². The van der Waals surface area contributed by atoms with Gasteiger partial charge >= 0.3 is 0 Å². The Morgan fingerprint density at radius 1 is 0.277 bits per heavy atom. The molecule has 2 aliphatic carbocycles. The number of hydrogen-bond donors (Lipinski definition) is 0. The second-order valence-electron chi connectivity index (χ2n) is 30.0. The number of aromatic nitrogens is 3. The Kier molecular flexibility index (Phi) is 25.2. The summed E-state index contributed by atoms with van der Waals surface area (Å²) in [6.45, 7) is 17.0. The largest absolute Gasteiger partial charge is 0.184 e. The third-order valence-corrected chi connectivity index (χ3v) is 27.2. The van der Waals surface area contributed by atoms with E-state index in [4.69, 9.17) is 10.2 Å². The minimum atomic E-state index is -0.586. The highest BCUT2D eigenvalue weighted by Gasteiger charge is 2.53. The van der Waals surface area contributed by atoms with Gasteiger partial charge in [-0.25, -0.2) is 0 Å². The highest BCUT2D eigenvalue weighted by Crippen LogP contribution is 2.66. The quantitative estimate of drug-likeness (QED) is 0.0358. The van der Waals surface area contributed by atoms with Gasteiger partial charge in [0.05, 0.1) is 17.4 Å². The Bertz CT molecular complexity index is 4310. The molecule has 528 valence electrons. The Hall–Kier alpha value is -6.48. The number of thiophene rings is 4. The second kappa shape index (κ2) is 34.9. The highest BCUT2D eigenvalue weighted by atomic mass is 32.1. The first kappa shape index (κ1) is 72.9. The lowest BCUT2D eigenvalue weighted by atomic mass is 9.65. The number of nitrogens with zero attached hydrogens (tertiary/aromatic N) is 3. The number of aryl methyl sites for hydroxylation is 7. The number of benzene rings is 6. The van der Waals surface area contributed by atoms with E-state index in [-0.39, 0.29) is 0 Å². The predicted octanol–water partition coefficient (Wildman–Crippen LogP) is 29.2. The van der Waals surface area contributed by atoms with Crippen LogP contribution in [0.2, 0.25) is 0 Å². The summed E-state index contributed by atoms with van der Waals surface area (Å²) < 4.78 is 0. The van der Waals surface area contributed by atoms with E-state index in [2.05, 4.69) is 206 Å². The Labute approximate surface area is 623 Å². The molecule has 0 atom stereocenters. The minimum Gasteiger partial charge on any atom is -0.184 e. The first-order valence-corrected chi connectivity index (χ1v) is 43.3. The van der Waals surface area contributed by atoms with Gasteiger partial charge < -0.3 is 0 Å². The monoisotopic (exact) mass is 1410 g/mol. The average molecular weight is 1410 g/mol. The van der Waals surface area contributed by atoms with Gasteiger partial charge in [-0.3, -0.25) is 0 Å². The van der Waals surface area contributed by atoms with E-state index in [1.165, 1.54) is 301 Å². The van der Waals surface area contributed by atoms with Gasteiger partial charge in [-0.2, -0.15) is 15.0 Å². The van der Waals surface area contributed by atoms with Crippen LogP contribution in [0.5, 0.6) is 0 Å². The van der Waals surface area contributed by atoms with Crippen molar-refractivity contribution in [2.24, 2.45) is 0 Å². The van der Waals surface area contributed by atoms with Gasteiger partial charge in [-0.1, -0.05) is 291 Å². The smallest absolute Gasteiger partial charge is 0.122 e. The molecular formula is C94H113N3S4. The highest BCUT2D eigenvalue weighted by molar-refractivity contribution is 7.25. The lowest BCUT2D eigenvalue weighted by molar-refractivity contribution is 0.495. The molecule has 6 aromatic carbocycles. The Morgan fingerprint density at radius 2 is 0.624 bits per heavy atom. The molecule has 0 bridgehead atoms. The molecule has 0 aliphatic heterocycles. The third-order valence-electron chi connectivity index (χ3n) is 22.6. The normalized spacial score (nSPS) is 13.4. The minimum absolute atomic E-state index is 0.521. The zero-order valence-electron chi connectivity index (χ0n) is 62.3. The summed E-state index contributed by atoms with van der Waals surface area (Å²) in [5.41, 5.74) is 23.0. The Morgan fingerprint density at radius 3 is 1.02 bits per heavy atom. The van der Waals surface area contributed by atoms with Gasteiger partial charge in [0.15, 0.2) is 0 Å². The third kappa shape index (κ3) is 15.8. The van der Waals surface area contributed by atoms with Crippen LogP contribution in [0, 0.1) is 13.8 Å². The molecule has 0 N–H and O–H groups in total. The summed E-state index contributed by atoms with van der Waals surface area (Å²) in [7, 11) is 0. The van der Waals surface area contributed by atoms with Crippen molar-refractivity contribution < 1.29 is 0 Å². The van der Waals surface area contributed by atoms with Crippen LogP contribution in [0.4, 0.5) is 0 Å². The summed E-state index contributed by atoms with van der Waals surface area (Å²) in [6, 6.07) is 65.1. The van der Waals surface area contributed by atoms with E-state index in [0.29, 0.717) is 0 Å². The second-order valence-corrected chi connectivity index (χ2v) is 34.7. The lowest BCUT2D eigenvalue weighted by Crippen LogP contribution is -2.30. The molecule has 0 fully saturated rings. The number of hydrogen-bond acceptors (Lipinski definition) is 6. The van der Waals surface area contributed by atoms with Gasteiger partial charge in [-0.05, 0) is 198 Å². The van der Waals surface area contributed by atoms with Crippen molar-refractivity contribution in [3.05, 3.63) is 234 Å². The molecule has 5 heterocycles. The van der Waals surface area contributed by atoms with Crippen LogP contribution < -0.4 is 0 Å². The fourth-order valence-corrected chi connectivity index (χ4v) is 21.3. The van der Waals surface area contributed by atoms with Crippen molar-refractivity contribution in [1.29, 1.82) is 0 Å². The van der Waals surface area contributed by atoms with E-state index in [9.17, 15) is 0 Å². The summed E-state index contributed by atoms with van der Waals surface area (Å²) in [6.07, 6.45) is 40.6. The van der Waals surface area contributed by atoms with Gasteiger partial charge in [0, 0.05) is 50.1 Å². The average Bonchev–Trinajstić information content (AvgIpc) is 1.51. The van der Waals surface area contributed by atoms with Crippen LogP contribution in [0.1, 0.15) is 291 Å². The van der Waals surface area contributed by atoms with E-state index >= 15 is 0 Å². The van der Waals surface area contributed by atoms with Crippen LogP contribution in [-0.2, 0) is 43.1 Å². The van der Waals surface area contributed by atoms with Crippen LogP contribution >= 0.6 is 45.3 Å². The maximum atomic E-state index is 5.36. The SMILES string of the molecule is CCCCCCCCc1ccc(C2(c3ccc(CCCCCCCC)cc3)c3cc4c(cc3-c3sc(C)cc32)C(c2ccc(CCCCCCCC)cc2)(c2ccc(CCCCCCCC)cc2)c2cc(-c3ccc(-c5ccc(-c6ccc(C)s6)c6nn(CCCCCC)nc56)s3)sc2-4)cc1. The first-order chi connectivity index (χ1) is 49.7. The van der Waals surface area contributed by atoms with Crippen LogP contribution in [-0.4, -0.2) is 15.0 Å². The van der Waals surface area contributed by atoms with E-state index in [1.54, 1.807) is 0 Å². The van der Waals surface area contributed by atoms with Crippen molar-refractivity contribution in [1.82, 2.24) is 15.0 Å². The standard InChI is InChI=1S/C94H113N3S4/c1-8-13-18-23-27-31-36-69-41-49-73(50-42-69)93(74-51-43-70(44-52-74)37-32-28-24-19-14-9-2)81-65-80-82(64-79(81)91-83(93)63-68(7)99-91)94(75-53-45-71(46-54-75)38-33-29-25-20-15-10-3,76-55-47-72(48-56-76)39-34-30-26-21-16-11-4)84-66-88(101-92(80)84)87-61-60-86(100-87)78-58-57-77(85-59-40-67(6)98-85)89-90(78)96-97(95-89)62-35-22-17-12-5/h40-61,63-66H,8-39,62H2,1-7H3. The molecule has 0 saturated carbocycles. The van der Waals surface area contributed by atoms with Crippen molar-refractivity contribution in [3.63, 3.8) is 0 Å². The number of rotatable bonds is 40. The van der Waals surface area contributed by atoms with E-state index < -0.39 is 10.8 Å². The van der Waals surface area contributed by atoms with Crippen molar-refractivity contribution in [3.8, 4) is 51.5 Å². The molecule has 7 heteroatoms. The summed E-state index contributed by atoms with van der Waals surface area (Å²) in [5, 5.41) is 10.7. The summed E-state index contributed by atoms with van der Waals surface area (Å²) >= 11 is 7.80. The number of fused-ring (bicyclic) bond motifs is 7. The molecule has 13 rings (SSSR count). The maximum Gasteiger partial charge on any atom is 0.122 e. The zero-order chi connectivity index (χ0) is 69.6. The fraction of sp³-hybridized carbons (Fsp3) is 0.447. The molecule has 3 nitrogen and oxygen atoms in total. The van der Waals surface area contributed by atoms with Crippen LogP contribution in [0.3, 0.4) is 0 Å². The fourth-order valence-electron chi connectivity index (χ4n) is 17.0. The van der Waals surface area contributed by atoms with Gasteiger partial charge in [0.1, 0.15) is 11.0 Å².